The van der Waals surface area contributed by atoms with Crippen LogP contribution in [-0.2, 0) is 24.3 Å². The van der Waals surface area contributed by atoms with Gasteiger partial charge in [-0.15, -0.1) is 0 Å². The fourth-order valence-corrected chi connectivity index (χ4v) is 3.47. The predicted molar refractivity (Wildman–Crippen MR) is 98.3 cm³/mol. The maximum atomic E-state index is 12.2. The van der Waals surface area contributed by atoms with Crippen LogP contribution in [0.1, 0.15) is 13.3 Å². The fourth-order valence-electron chi connectivity index (χ4n) is 2.39. The van der Waals surface area contributed by atoms with Crippen molar-refractivity contribution in [3.05, 3.63) is 36.0 Å². The van der Waals surface area contributed by atoms with Gasteiger partial charge in [-0.05, 0) is 37.6 Å². The van der Waals surface area contributed by atoms with Crippen LogP contribution in [0.15, 0.2) is 40.9 Å². The van der Waals surface area contributed by atoms with Gasteiger partial charge in [0.05, 0.1) is 18.0 Å². The van der Waals surface area contributed by atoms with Gasteiger partial charge >= 0.3 is 0 Å². The Morgan fingerprint density at radius 1 is 1.19 bits per heavy atom. The molecule has 0 unspecified atom stereocenters. The minimum absolute atomic E-state index is 0.0677. The molecule has 1 aliphatic heterocycles. The van der Waals surface area contributed by atoms with E-state index in [1.807, 2.05) is 6.92 Å². The molecule has 27 heavy (non-hydrogen) atoms. The van der Waals surface area contributed by atoms with Crippen LogP contribution in [0, 0.1) is 0 Å². The van der Waals surface area contributed by atoms with E-state index in [4.69, 9.17) is 9.84 Å². The molecule has 1 heterocycles. The molecule has 9 nitrogen and oxygen atoms in total. The van der Waals surface area contributed by atoms with Crippen molar-refractivity contribution in [1.29, 1.82) is 0 Å². The number of nitrogens with one attached hydrogen (secondary N) is 2. The van der Waals surface area contributed by atoms with Crippen molar-refractivity contribution in [3.63, 3.8) is 0 Å². The van der Waals surface area contributed by atoms with Crippen LogP contribution in [-0.4, -0.2) is 63.1 Å². The quantitative estimate of drug-likeness (QED) is 0.356. The van der Waals surface area contributed by atoms with Crippen LogP contribution >= 0.6 is 0 Å². The van der Waals surface area contributed by atoms with Gasteiger partial charge in [-0.1, -0.05) is 0 Å². The number of sulfonamides is 1. The van der Waals surface area contributed by atoms with Crippen LogP contribution in [0.4, 0.5) is 5.69 Å². The molecule has 0 aliphatic carbocycles. The molecule has 1 aliphatic rings. The molecule has 0 aromatic heterocycles. The minimum Gasteiger partial charge on any atom is -0.395 e. The molecule has 1 aromatic rings. The molecule has 1 aromatic carbocycles. The van der Waals surface area contributed by atoms with Gasteiger partial charge in [-0.3, -0.25) is 14.5 Å². The Balaban J connectivity index is 1.96. The van der Waals surface area contributed by atoms with E-state index in [0.717, 1.165) is 11.0 Å². The Labute approximate surface area is 158 Å². The molecule has 3 N–H and O–H groups in total. The standard InChI is InChI=1S/C17H23N3O6S/c1-2-26-11-3-8-18-27(24,25)14-6-4-13(5-7-14)19-15-12-16(22)20(9-10-21)17(15)23/h4-7,12,18-19,21H,2-3,8-11H2,1H3. The van der Waals surface area contributed by atoms with Crippen molar-refractivity contribution in [2.45, 2.75) is 18.2 Å². The molecular formula is C17H23N3O6S. The molecule has 10 heteroatoms. The summed E-state index contributed by atoms with van der Waals surface area (Å²) in [5, 5.41) is 11.7. The monoisotopic (exact) mass is 397 g/mol. The summed E-state index contributed by atoms with van der Waals surface area (Å²) in [6.45, 7) is 2.82. The van der Waals surface area contributed by atoms with E-state index in [2.05, 4.69) is 10.0 Å². The Hall–Kier alpha value is -2.27. The zero-order valence-electron chi connectivity index (χ0n) is 15.0. The van der Waals surface area contributed by atoms with Gasteiger partial charge in [0.2, 0.25) is 10.0 Å². The van der Waals surface area contributed by atoms with Gasteiger partial charge in [0, 0.05) is 31.5 Å². The number of nitrogens with zero attached hydrogens (tertiary/aromatic N) is 1. The second-order valence-corrected chi connectivity index (χ2v) is 7.44. The Kier molecular flexibility index (Phi) is 7.48. The van der Waals surface area contributed by atoms with Crippen molar-refractivity contribution < 1.29 is 27.9 Å². The molecule has 2 rings (SSSR count). The molecule has 0 radical (unpaired) electrons. The SMILES string of the molecule is CCOCCCNS(=O)(=O)c1ccc(NC2=CC(=O)N(CCO)C2=O)cc1. The number of anilines is 1. The number of amides is 2. The minimum atomic E-state index is -3.63. The number of rotatable bonds is 11. The first-order valence-electron chi connectivity index (χ1n) is 8.52. The van der Waals surface area contributed by atoms with E-state index in [1.165, 1.54) is 24.3 Å². The van der Waals surface area contributed by atoms with Crippen LogP contribution in [0.2, 0.25) is 0 Å². The lowest BCUT2D eigenvalue weighted by molar-refractivity contribution is -0.137. The molecule has 0 spiro atoms. The lowest BCUT2D eigenvalue weighted by atomic mass is 10.3. The highest BCUT2D eigenvalue weighted by Crippen LogP contribution is 2.19. The number of β-amino-alcohol motifs (C(OH)–C–C–N with tert-alkyl or cyclic N) is 1. The van der Waals surface area contributed by atoms with Crippen LogP contribution in [0.25, 0.3) is 0 Å². The maximum Gasteiger partial charge on any atom is 0.277 e. The zero-order valence-corrected chi connectivity index (χ0v) is 15.8. The van der Waals surface area contributed by atoms with Crippen molar-refractivity contribution in [2.24, 2.45) is 0 Å². The summed E-state index contributed by atoms with van der Waals surface area (Å²) < 4.78 is 32.1. The number of aliphatic hydroxyl groups is 1. The number of imide groups is 1. The lowest BCUT2D eigenvalue weighted by Crippen LogP contribution is -2.34. The van der Waals surface area contributed by atoms with E-state index >= 15 is 0 Å². The Morgan fingerprint density at radius 3 is 2.52 bits per heavy atom. The second-order valence-electron chi connectivity index (χ2n) is 5.67. The van der Waals surface area contributed by atoms with Crippen LogP contribution < -0.4 is 10.0 Å². The number of aliphatic hydroxyl groups excluding tert-OH is 1. The summed E-state index contributed by atoms with van der Waals surface area (Å²) in [5.74, 6) is -1.05. The van der Waals surface area contributed by atoms with Gasteiger partial charge in [0.15, 0.2) is 0 Å². The molecular weight excluding hydrogens is 374 g/mol. The molecule has 0 atom stereocenters. The first-order chi connectivity index (χ1) is 12.9. The van der Waals surface area contributed by atoms with E-state index in [9.17, 15) is 18.0 Å². The van der Waals surface area contributed by atoms with Crippen LogP contribution in [0.3, 0.4) is 0 Å². The third-order valence-corrected chi connectivity index (χ3v) is 5.22. The van der Waals surface area contributed by atoms with Crippen molar-refractivity contribution in [1.82, 2.24) is 9.62 Å². The highest BCUT2D eigenvalue weighted by molar-refractivity contribution is 7.89. The first kappa shape index (κ1) is 21.0. The molecule has 0 saturated carbocycles. The molecule has 0 fully saturated rings. The van der Waals surface area contributed by atoms with E-state index in [-0.39, 0.29) is 30.3 Å². The van der Waals surface area contributed by atoms with Crippen molar-refractivity contribution in [3.8, 4) is 0 Å². The molecule has 2 amide bonds. The van der Waals surface area contributed by atoms with E-state index in [1.54, 1.807) is 0 Å². The van der Waals surface area contributed by atoms with Crippen molar-refractivity contribution >= 4 is 27.5 Å². The number of hydrogen-bond donors (Lipinski definition) is 3. The summed E-state index contributed by atoms with van der Waals surface area (Å²) in [4.78, 5) is 24.8. The first-order valence-corrected chi connectivity index (χ1v) is 10.00. The van der Waals surface area contributed by atoms with E-state index < -0.39 is 21.8 Å². The highest BCUT2D eigenvalue weighted by atomic mass is 32.2. The summed E-state index contributed by atoms with van der Waals surface area (Å²) in [7, 11) is -3.63. The Morgan fingerprint density at radius 2 is 1.89 bits per heavy atom. The number of carbonyl (C=O) groups excluding carboxylic acids is 2. The summed E-state index contributed by atoms with van der Waals surface area (Å²) >= 11 is 0. The smallest absolute Gasteiger partial charge is 0.277 e. The van der Waals surface area contributed by atoms with Crippen molar-refractivity contribution in [2.75, 3.05) is 38.2 Å². The number of hydrogen-bond acceptors (Lipinski definition) is 7. The van der Waals surface area contributed by atoms with E-state index in [0.29, 0.717) is 25.3 Å². The molecule has 0 bridgehead atoms. The predicted octanol–water partition coefficient (Wildman–Crippen LogP) is 0.0484. The summed E-state index contributed by atoms with van der Waals surface area (Å²) in [6, 6.07) is 5.81. The number of carbonyl (C=O) groups is 2. The largest absolute Gasteiger partial charge is 0.395 e. The average Bonchev–Trinajstić information content (AvgIpc) is 2.90. The molecule has 0 saturated heterocycles. The van der Waals surface area contributed by atoms with Gasteiger partial charge in [-0.2, -0.15) is 0 Å². The third kappa shape index (κ3) is 5.60. The number of ether oxygens (including phenoxy) is 1. The van der Waals surface area contributed by atoms with Gasteiger partial charge in [-0.25, -0.2) is 13.1 Å². The zero-order chi connectivity index (χ0) is 19.9. The van der Waals surface area contributed by atoms with Gasteiger partial charge in [0.25, 0.3) is 11.8 Å². The topological polar surface area (TPSA) is 125 Å². The Bertz CT molecular complexity index is 804. The van der Waals surface area contributed by atoms with Crippen LogP contribution in [0.5, 0.6) is 0 Å². The summed E-state index contributed by atoms with van der Waals surface area (Å²) in [5.41, 5.74) is 0.529. The average molecular weight is 397 g/mol. The third-order valence-electron chi connectivity index (χ3n) is 3.74. The van der Waals surface area contributed by atoms with Gasteiger partial charge in [0.1, 0.15) is 5.70 Å². The lowest BCUT2D eigenvalue weighted by Gasteiger charge is -2.13. The summed E-state index contributed by atoms with van der Waals surface area (Å²) in [6.07, 6.45) is 1.71. The maximum absolute atomic E-state index is 12.2. The second kappa shape index (κ2) is 9.60. The number of benzene rings is 1. The normalized spacial score (nSPS) is 14.6. The molecule has 148 valence electrons. The van der Waals surface area contributed by atoms with Gasteiger partial charge < -0.3 is 15.2 Å². The highest BCUT2D eigenvalue weighted by Gasteiger charge is 2.30. The fraction of sp³-hybridized carbons (Fsp3) is 0.412.